The number of nitrogens with zero attached hydrogens (tertiary/aromatic N) is 8. The lowest BCUT2D eigenvalue weighted by atomic mass is 9.79. The molecular formula is C51H57N8O10P. The molecule has 2 aliphatic heterocycles. The Morgan fingerprint density at radius 2 is 1.51 bits per heavy atom. The summed E-state index contributed by atoms with van der Waals surface area (Å²) in [6, 6.07) is 36.0. The van der Waals surface area contributed by atoms with Crippen LogP contribution in [0.5, 0.6) is 17.2 Å². The third kappa shape index (κ3) is 10.3. The molecule has 4 aromatic carbocycles. The molecule has 2 saturated heterocycles. The molecule has 366 valence electrons. The van der Waals surface area contributed by atoms with Crippen LogP contribution in [0.4, 0.5) is 0 Å². The maximum absolute atomic E-state index is 14.5. The normalized spacial score (nSPS) is 19.3. The summed E-state index contributed by atoms with van der Waals surface area (Å²) >= 11 is 0. The van der Waals surface area contributed by atoms with Gasteiger partial charge in [-0.15, -0.1) is 0 Å². The molecule has 2 fully saturated rings. The molecule has 1 amide bonds. The topological polar surface area (TPSA) is 187 Å². The van der Waals surface area contributed by atoms with E-state index >= 15 is 0 Å². The maximum atomic E-state index is 14.5. The number of aryl methyl sites for hydroxylation is 1. The van der Waals surface area contributed by atoms with Crippen molar-refractivity contribution in [1.29, 1.82) is 5.26 Å². The number of aromatic nitrogens is 5. The Kier molecular flexibility index (Phi) is 15.7. The predicted molar refractivity (Wildman–Crippen MR) is 258 cm³/mol. The third-order valence-corrected chi connectivity index (χ3v) is 14.2. The van der Waals surface area contributed by atoms with Crippen molar-refractivity contribution >= 4 is 14.4 Å². The van der Waals surface area contributed by atoms with Gasteiger partial charge in [0.1, 0.15) is 47.2 Å². The number of para-hydroxylation sites is 1. The molecule has 8 rings (SSSR count). The highest BCUT2D eigenvalue weighted by atomic mass is 31.2. The number of amides is 1. The van der Waals surface area contributed by atoms with E-state index in [1.807, 2.05) is 125 Å². The van der Waals surface area contributed by atoms with Crippen molar-refractivity contribution in [1.82, 2.24) is 34.0 Å². The first kappa shape index (κ1) is 49.9. The molecule has 2 aliphatic rings. The molecule has 0 spiro atoms. The smallest absolute Gasteiger partial charge is 0.351 e. The molecule has 18 nitrogen and oxygen atoms in total. The van der Waals surface area contributed by atoms with Gasteiger partial charge in [-0.25, -0.2) is 24.2 Å². The third-order valence-electron chi connectivity index (χ3n) is 12.1. The Morgan fingerprint density at radius 1 is 0.900 bits per heavy atom. The first-order chi connectivity index (χ1) is 33.9. The first-order valence-corrected chi connectivity index (χ1v) is 24.1. The number of nitriles is 1. The number of hydroxylamine groups is 2. The van der Waals surface area contributed by atoms with Crippen molar-refractivity contribution in [3.8, 4) is 29.1 Å². The van der Waals surface area contributed by atoms with Gasteiger partial charge in [0.2, 0.25) is 0 Å². The van der Waals surface area contributed by atoms with E-state index in [2.05, 4.69) is 25.8 Å². The van der Waals surface area contributed by atoms with Crippen LogP contribution >= 0.6 is 8.53 Å². The van der Waals surface area contributed by atoms with E-state index in [1.165, 1.54) is 27.0 Å². The summed E-state index contributed by atoms with van der Waals surface area (Å²) in [6.07, 6.45) is 0.981. The fraction of sp³-hybridized carbons (Fsp3) is 0.373. The molecule has 6 aromatic rings. The van der Waals surface area contributed by atoms with Crippen LogP contribution in [0.15, 0.2) is 133 Å². The monoisotopic (exact) mass is 972 g/mol. The Labute approximate surface area is 408 Å². The molecule has 2 aromatic heterocycles. The minimum absolute atomic E-state index is 0.0734. The van der Waals surface area contributed by atoms with Crippen LogP contribution < -0.4 is 19.9 Å². The number of rotatable bonds is 21. The lowest BCUT2D eigenvalue weighted by Crippen LogP contribution is -2.63. The number of methoxy groups -OCH3 is 2. The van der Waals surface area contributed by atoms with Crippen LogP contribution in [-0.2, 0) is 33.8 Å². The molecule has 0 saturated carbocycles. The number of benzene rings is 4. The van der Waals surface area contributed by atoms with Gasteiger partial charge in [-0.05, 0) is 87.7 Å². The van der Waals surface area contributed by atoms with Gasteiger partial charge in [0.05, 0.1) is 46.5 Å². The van der Waals surface area contributed by atoms with E-state index in [4.69, 9.17) is 37.6 Å². The summed E-state index contributed by atoms with van der Waals surface area (Å²) in [4.78, 5) is 44.1. The average Bonchev–Trinajstić information content (AvgIpc) is 3.97. The van der Waals surface area contributed by atoms with Crippen molar-refractivity contribution in [2.45, 2.75) is 82.8 Å². The standard InChI is InChI=1S/C51H57N8O10P/c1-35(2)59(36(3)4)70(66-28-14-27-52)69-46-45-48(56-29-37(5)47(55-49(56)61)57-34-53-33-54-57)67-50(46,31-58(68-45)44(60)30-64-43-17-12-9-13-18-43)32-65-51(38-15-10-8-11-16-38,39-19-23-41(62-6)24-20-39)40-21-25-42(63-7)26-22-40/h8-13,15-26,29,33-36,45-46,48H,14,28,30-32H2,1-7H3/t45-,46?,48+,50+,70?/m0/s1. The second kappa shape index (κ2) is 22.0. The fourth-order valence-electron chi connectivity index (χ4n) is 8.89. The second-order valence-electron chi connectivity index (χ2n) is 17.3. The fourth-order valence-corrected chi connectivity index (χ4v) is 10.7. The highest BCUT2D eigenvalue weighted by Gasteiger charge is 2.65. The van der Waals surface area contributed by atoms with Gasteiger partial charge in [0.25, 0.3) is 14.4 Å². The van der Waals surface area contributed by atoms with Crippen molar-refractivity contribution in [3.63, 3.8) is 0 Å². The molecule has 2 unspecified atom stereocenters. The zero-order valence-corrected chi connectivity index (χ0v) is 41.0. The van der Waals surface area contributed by atoms with E-state index in [0.717, 1.165) is 16.7 Å². The van der Waals surface area contributed by atoms with Crippen LogP contribution in [0, 0.1) is 18.3 Å². The van der Waals surface area contributed by atoms with Gasteiger partial charge < -0.3 is 32.7 Å². The van der Waals surface area contributed by atoms with Crippen molar-refractivity contribution in [2.24, 2.45) is 0 Å². The van der Waals surface area contributed by atoms with E-state index in [-0.39, 0.29) is 50.7 Å². The minimum atomic E-state index is -1.97. The Morgan fingerprint density at radius 3 is 2.09 bits per heavy atom. The van der Waals surface area contributed by atoms with Crippen molar-refractivity contribution < 1.29 is 42.4 Å². The predicted octanol–water partition coefficient (Wildman–Crippen LogP) is 7.31. The SMILES string of the molecule is COc1ccc(C(OC[C@]23CN(C(=O)COc4ccccc4)O[C@@H](C2OP(OCCC#N)N(C(C)C)C(C)C)[C@H](n2cc(C)c(-n4cncn4)nc2=O)O3)(c2ccccc2)c2ccc(OC)cc2)cc1. The molecule has 70 heavy (non-hydrogen) atoms. The summed E-state index contributed by atoms with van der Waals surface area (Å²) < 4.78 is 50.7. The van der Waals surface area contributed by atoms with Crippen LogP contribution in [0.3, 0.4) is 0 Å². The number of ether oxygens (including phenoxy) is 5. The minimum Gasteiger partial charge on any atom is -0.497 e. The van der Waals surface area contributed by atoms with Gasteiger partial charge in [-0.1, -0.05) is 72.8 Å². The largest absolute Gasteiger partial charge is 0.497 e. The summed E-state index contributed by atoms with van der Waals surface area (Å²) in [5.74, 6) is 1.51. The zero-order chi connectivity index (χ0) is 49.4. The molecule has 0 N–H and O–H groups in total. The van der Waals surface area contributed by atoms with Crippen LogP contribution in [0.25, 0.3) is 5.82 Å². The number of carbonyl (C=O) groups is 1. The van der Waals surface area contributed by atoms with Gasteiger partial charge in [-0.3, -0.25) is 14.2 Å². The van der Waals surface area contributed by atoms with Gasteiger partial charge in [0, 0.05) is 23.8 Å². The average molecular weight is 973 g/mol. The van der Waals surface area contributed by atoms with Crippen LogP contribution in [0.2, 0.25) is 0 Å². The van der Waals surface area contributed by atoms with E-state index in [1.54, 1.807) is 39.5 Å². The second-order valence-corrected chi connectivity index (χ2v) is 18.7. The molecular weight excluding hydrogens is 916 g/mol. The van der Waals surface area contributed by atoms with Gasteiger partial charge in [-0.2, -0.15) is 15.3 Å². The quantitative estimate of drug-likeness (QED) is 0.0397. The molecule has 19 heteroatoms. The van der Waals surface area contributed by atoms with Crippen molar-refractivity contribution in [2.75, 3.05) is 40.6 Å². The summed E-state index contributed by atoms with van der Waals surface area (Å²) in [5.41, 5.74) is -0.838. The Balaban J connectivity index is 1.32. The van der Waals surface area contributed by atoms with E-state index in [9.17, 15) is 14.9 Å². The lowest BCUT2D eigenvalue weighted by molar-refractivity contribution is -0.261. The molecule has 0 aliphatic carbocycles. The number of hydrogen-bond acceptors (Lipinski definition) is 15. The van der Waals surface area contributed by atoms with Crippen LogP contribution in [0.1, 0.15) is 62.6 Å². The van der Waals surface area contributed by atoms with Gasteiger partial charge >= 0.3 is 5.69 Å². The highest BCUT2D eigenvalue weighted by molar-refractivity contribution is 7.44. The van der Waals surface area contributed by atoms with Gasteiger partial charge in [0.15, 0.2) is 24.8 Å². The summed E-state index contributed by atoms with van der Waals surface area (Å²) in [5, 5.41) is 15.0. The summed E-state index contributed by atoms with van der Waals surface area (Å²) in [7, 11) is 1.24. The van der Waals surface area contributed by atoms with Crippen molar-refractivity contribution in [3.05, 3.63) is 161 Å². The number of hydrogen-bond donors (Lipinski definition) is 0. The maximum Gasteiger partial charge on any atom is 0.351 e. The zero-order valence-electron chi connectivity index (χ0n) is 40.2. The molecule has 0 radical (unpaired) electrons. The Hall–Kier alpha value is -6.55. The summed E-state index contributed by atoms with van der Waals surface area (Å²) in [6.45, 7) is 9.10. The molecule has 5 atom stereocenters. The van der Waals surface area contributed by atoms with E-state index in [0.29, 0.717) is 22.8 Å². The Bertz CT molecular complexity index is 2700. The first-order valence-electron chi connectivity index (χ1n) is 22.9. The lowest BCUT2D eigenvalue weighted by Gasteiger charge is -2.46. The number of carbonyl (C=O) groups excluding carboxylic acids is 1. The molecule has 4 heterocycles. The highest BCUT2D eigenvalue weighted by Crippen LogP contribution is 2.55. The van der Waals surface area contributed by atoms with E-state index < -0.39 is 49.8 Å². The number of fused-ring (bicyclic) bond motifs is 2. The molecule has 2 bridgehead atoms. The van der Waals surface area contributed by atoms with Crippen LogP contribution in [-0.4, -0.2) is 110 Å².